The molecule has 7 nitrogen and oxygen atoms in total. The topological polar surface area (TPSA) is 98.1 Å². The standard InChI is InChI=1S/C10H20N2O5S/c13-8-7-11-3-5-12(6-4-11)18(16,17)9-1-2-10(14)15/h13H,1-9H2,(H,14,15). The van der Waals surface area contributed by atoms with Gasteiger partial charge < -0.3 is 10.2 Å². The van der Waals surface area contributed by atoms with Crippen LogP contribution < -0.4 is 0 Å². The molecular formula is C10H20N2O5S. The second-order valence-corrected chi connectivity index (χ2v) is 6.37. The third-order valence-corrected chi connectivity index (χ3v) is 4.89. The van der Waals surface area contributed by atoms with E-state index in [1.807, 2.05) is 4.90 Å². The van der Waals surface area contributed by atoms with Crippen molar-refractivity contribution in [1.29, 1.82) is 0 Å². The van der Waals surface area contributed by atoms with Crippen LogP contribution in [0.5, 0.6) is 0 Å². The number of aliphatic hydroxyl groups excluding tert-OH is 1. The maximum absolute atomic E-state index is 11.9. The van der Waals surface area contributed by atoms with Crippen molar-refractivity contribution in [3.63, 3.8) is 0 Å². The van der Waals surface area contributed by atoms with Gasteiger partial charge in [0.1, 0.15) is 0 Å². The number of piperazine rings is 1. The highest BCUT2D eigenvalue weighted by Crippen LogP contribution is 2.09. The van der Waals surface area contributed by atoms with Gasteiger partial charge in [0.2, 0.25) is 10.0 Å². The Morgan fingerprint density at radius 1 is 1.17 bits per heavy atom. The summed E-state index contributed by atoms with van der Waals surface area (Å²) in [5, 5.41) is 17.3. The minimum atomic E-state index is -3.34. The SMILES string of the molecule is O=C(O)CCCS(=O)(=O)N1CCN(CCO)CC1. The zero-order valence-electron chi connectivity index (χ0n) is 10.3. The van der Waals surface area contributed by atoms with Gasteiger partial charge in [-0.15, -0.1) is 0 Å². The summed E-state index contributed by atoms with van der Waals surface area (Å²) in [5.74, 6) is -1.09. The Balaban J connectivity index is 2.38. The Bertz CT molecular complexity index is 362. The van der Waals surface area contributed by atoms with Crippen molar-refractivity contribution in [2.45, 2.75) is 12.8 Å². The lowest BCUT2D eigenvalue weighted by atomic mass is 10.3. The molecule has 0 aliphatic carbocycles. The van der Waals surface area contributed by atoms with Crippen LogP contribution in [0.4, 0.5) is 0 Å². The van der Waals surface area contributed by atoms with E-state index in [9.17, 15) is 13.2 Å². The molecular weight excluding hydrogens is 260 g/mol. The Morgan fingerprint density at radius 2 is 1.78 bits per heavy atom. The van der Waals surface area contributed by atoms with E-state index in [0.717, 1.165) is 0 Å². The van der Waals surface area contributed by atoms with E-state index < -0.39 is 16.0 Å². The average Bonchev–Trinajstić information content (AvgIpc) is 2.29. The van der Waals surface area contributed by atoms with Gasteiger partial charge in [0.25, 0.3) is 0 Å². The summed E-state index contributed by atoms with van der Waals surface area (Å²) in [6.07, 6.45) is 0.0260. The number of carboxylic acid groups (broad SMARTS) is 1. The zero-order valence-corrected chi connectivity index (χ0v) is 11.1. The quantitative estimate of drug-likeness (QED) is 0.607. The molecule has 18 heavy (non-hydrogen) atoms. The Kier molecular flexibility index (Phi) is 6.00. The van der Waals surface area contributed by atoms with Crippen molar-refractivity contribution >= 4 is 16.0 Å². The first-order chi connectivity index (χ1) is 8.45. The van der Waals surface area contributed by atoms with Gasteiger partial charge in [0.15, 0.2) is 0 Å². The number of aliphatic carboxylic acids is 1. The molecule has 0 amide bonds. The van der Waals surface area contributed by atoms with Gasteiger partial charge in [-0.3, -0.25) is 9.69 Å². The van der Waals surface area contributed by atoms with Gasteiger partial charge >= 0.3 is 5.97 Å². The third-order valence-electron chi connectivity index (χ3n) is 2.93. The van der Waals surface area contributed by atoms with Crippen molar-refractivity contribution in [2.24, 2.45) is 0 Å². The first kappa shape index (κ1) is 15.4. The number of sulfonamides is 1. The van der Waals surface area contributed by atoms with Gasteiger partial charge in [-0.25, -0.2) is 8.42 Å². The number of hydrogen-bond donors (Lipinski definition) is 2. The molecule has 8 heteroatoms. The lowest BCUT2D eigenvalue weighted by Gasteiger charge is -2.33. The summed E-state index contributed by atoms with van der Waals surface area (Å²) in [5.41, 5.74) is 0. The third kappa shape index (κ3) is 4.89. The molecule has 0 spiro atoms. The smallest absolute Gasteiger partial charge is 0.303 e. The number of carboxylic acids is 1. The number of rotatable bonds is 7. The Labute approximate surface area is 107 Å². The van der Waals surface area contributed by atoms with Gasteiger partial charge in [0.05, 0.1) is 12.4 Å². The predicted octanol–water partition coefficient (Wildman–Crippen LogP) is -1.21. The molecule has 1 aliphatic rings. The molecule has 0 aromatic rings. The molecule has 0 bridgehead atoms. The van der Waals surface area contributed by atoms with Crippen LogP contribution in [0.2, 0.25) is 0 Å². The molecule has 0 aromatic carbocycles. The lowest BCUT2D eigenvalue weighted by Crippen LogP contribution is -2.49. The molecule has 1 rings (SSSR count). The van der Waals surface area contributed by atoms with Crippen molar-refractivity contribution in [1.82, 2.24) is 9.21 Å². The molecule has 1 aliphatic heterocycles. The summed E-state index contributed by atoms with van der Waals surface area (Å²) < 4.78 is 25.2. The van der Waals surface area contributed by atoms with Crippen molar-refractivity contribution in [3.8, 4) is 0 Å². The predicted molar refractivity (Wildman–Crippen MR) is 65.8 cm³/mol. The maximum atomic E-state index is 11.9. The number of nitrogens with zero attached hydrogens (tertiary/aromatic N) is 2. The molecule has 1 heterocycles. The molecule has 0 saturated carbocycles. The van der Waals surface area contributed by atoms with Gasteiger partial charge in [0, 0.05) is 39.1 Å². The van der Waals surface area contributed by atoms with Crippen LogP contribution in [0.25, 0.3) is 0 Å². The average molecular weight is 280 g/mol. The van der Waals surface area contributed by atoms with E-state index in [-0.39, 0.29) is 25.2 Å². The first-order valence-electron chi connectivity index (χ1n) is 5.98. The Morgan fingerprint density at radius 3 is 2.28 bits per heavy atom. The molecule has 0 aromatic heterocycles. The van der Waals surface area contributed by atoms with E-state index in [4.69, 9.17) is 10.2 Å². The van der Waals surface area contributed by atoms with Crippen LogP contribution in [0.1, 0.15) is 12.8 Å². The number of carbonyl (C=O) groups is 1. The minimum absolute atomic E-state index is 0.0748. The molecule has 2 N–H and O–H groups in total. The van der Waals surface area contributed by atoms with E-state index in [1.165, 1.54) is 4.31 Å². The molecule has 1 fully saturated rings. The highest BCUT2D eigenvalue weighted by atomic mass is 32.2. The van der Waals surface area contributed by atoms with E-state index >= 15 is 0 Å². The van der Waals surface area contributed by atoms with Crippen LogP contribution in [0, 0.1) is 0 Å². The fourth-order valence-electron chi connectivity index (χ4n) is 1.91. The summed E-state index contributed by atoms with van der Waals surface area (Å²) in [6.45, 7) is 2.68. The fourth-order valence-corrected chi connectivity index (χ4v) is 3.39. The van der Waals surface area contributed by atoms with Gasteiger partial charge in [-0.05, 0) is 6.42 Å². The Hall–Kier alpha value is -0.700. The lowest BCUT2D eigenvalue weighted by molar-refractivity contribution is -0.137. The van der Waals surface area contributed by atoms with E-state index in [2.05, 4.69) is 0 Å². The van der Waals surface area contributed by atoms with Crippen molar-refractivity contribution < 1.29 is 23.4 Å². The van der Waals surface area contributed by atoms with Gasteiger partial charge in [-0.2, -0.15) is 4.31 Å². The van der Waals surface area contributed by atoms with Crippen LogP contribution in [-0.4, -0.2) is 78.9 Å². The summed E-state index contributed by atoms with van der Waals surface area (Å²) in [4.78, 5) is 12.3. The highest BCUT2D eigenvalue weighted by Gasteiger charge is 2.26. The normalized spacial score (nSPS) is 18.9. The second-order valence-electron chi connectivity index (χ2n) is 4.28. The largest absolute Gasteiger partial charge is 0.481 e. The molecule has 0 atom stereocenters. The molecule has 106 valence electrons. The summed E-state index contributed by atoms with van der Waals surface area (Å²) in [6, 6.07) is 0. The first-order valence-corrected chi connectivity index (χ1v) is 7.59. The van der Waals surface area contributed by atoms with Gasteiger partial charge in [-0.1, -0.05) is 0 Å². The maximum Gasteiger partial charge on any atom is 0.303 e. The molecule has 0 radical (unpaired) electrons. The zero-order chi connectivity index (χ0) is 13.6. The summed E-state index contributed by atoms with van der Waals surface area (Å²) in [7, 11) is -3.34. The highest BCUT2D eigenvalue weighted by molar-refractivity contribution is 7.89. The second kappa shape index (κ2) is 7.03. The van der Waals surface area contributed by atoms with Crippen molar-refractivity contribution in [2.75, 3.05) is 45.1 Å². The van der Waals surface area contributed by atoms with E-state index in [1.54, 1.807) is 0 Å². The number of β-amino-alcohol motifs (C(OH)–C–C–N with tert-alkyl or cyclic N) is 1. The van der Waals surface area contributed by atoms with Crippen molar-refractivity contribution in [3.05, 3.63) is 0 Å². The monoisotopic (exact) mass is 280 g/mol. The molecule has 0 unspecified atom stereocenters. The molecule has 1 saturated heterocycles. The van der Waals surface area contributed by atoms with Crippen LogP contribution >= 0.6 is 0 Å². The van der Waals surface area contributed by atoms with Crippen LogP contribution in [0.3, 0.4) is 0 Å². The number of hydrogen-bond acceptors (Lipinski definition) is 5. The fraction of sp³-hybridized carbons (Fsp3) is 0.900. The summed E-state index contributed by atoms with van der Waals surface area (Å²) >= 11 is 0. The van der Waals surface area contributed by atoms with E-state index in [0.29, 0.717) is 32.7 Å². The minimum Gasteiger partial charge on any atom is -0.481 e. The van der Waals surface area contributed by atoms with Crippen LogP contribution in [0.15, 0.2) is 0 Å². The van der Waals surface area contributed by atoms with Crippen LogP contribution in [-0.2, 0) is 14.8 Å². The number of aliphatic hydroxyl groups is 1.